The number of benzene rings is 1. The minimum atomic E-state index is -4.73. The lowest BCUT2D eigenvalue weighted by Crippen LogP contribution is -2.33. The highest BCUT2D eigenvalue weighted by molar-refractivity contribution is 5.76. The monoisotopic (exact) mass is 333 g/mol. The molecule has 1 aromatic carbocycles. The van der Waals surface area contributed by atoms with Gasteiger partial charge in [-0.25, -0.2) is 0 Å². The zero-order valence-electron chi connectivity index (χ0n) is 12.5. The van der Waals surface area contributed by atoms with Gasteiger partial charge in [0.15, 0.2) is 0 Å². The molecule has 1 amide bonds. The maximum Gasteiger partial charge on any atom is 0.573 e. The smallest absolute Gasteiger partial charge is 0.481 e. The molecule has 8 heteroatoms. The Morgan fingerprint density at radius 2 is 1.83 bits per heavy atom. The second-order valence-corrected chi connectivity index (χ2v) is 5.09. The highest BCUT2D eigenvalue weighted by Gasteiger charge is 2.30. The molecule has 23 heavy (non-hydrogen) atoms. The van der Waals surface area contributed by atoms with Crippen LogP contribution in [0.4, 0.5) is 13.2 Å². The Hall–Kier alpha value is -2.25. The highest BCUT2D eigenvalue weighted by Crippen LogP contribution is 2.22. The molecule has 0 saturated heterocycles. The van der Waals surface area contributed by atoms with Gasteiger partial charge in [0, 0.05) is 18.9 Å². The van der Waals surface area contributed by atoms with Crippen molar-refractivity contribution in [3.63, 3.8) is 0 Å². The Morgan fingerprint density at radius 3 is 2.35 bits per heavy atom. The number of rotatable bonds is 8. The second kappa shape index (κ2) is 8.40. The van der Waals surface area contributed by atoms with Crippen molar-refractivity contribution >= 4 is 11.9 Å². The third-order valence-electron chi connectivity index (χ3n) is 3.00. The summed E-state index contributed by atoms with van der Waals surface area (Å²) in [5.74, 6) is -1.47. The molecular formula is C15H18F3NO4. The fourth-order valence-electron chi connectivity index (χ4n) is 1.87. The molecule has 0 aliphatic rings. The fourth-order valence-corrected chi connectivity index (χ4v) is 1.87. The largest absolute Gasteiger partial charge is 0.573 e. The van der Waals surface area contributed by atoms with E-state index in [0.29, 0.717) is 18.4 Å². The number of aliphatic carboxylic acids is 1. The van der Waals surface area contributed by atoms with Crippen molar-refractivity contribution in [3.8, 4) is 5.75 Å². The highest BCUT2D eigenvalue weighted by atomic mass is 19.4. The second-order valence-electron chi connectivity index (χ2n) is 5.09. The maximum absolute atomic E-state index is 12.0. The van der Waals surface area contributed by atoms with Crippen LogP contribution in [0.15, 0.2) is 24.3 Å². The van der Waals surface area contributed by atoms with Gasteiger partial charge in [-0.2, -0.15) is 0 Å². The van der Waals surface area contributed by atoms with Gasteiger partial charge in [-0.05, 0) is 37.5 Å². The zero-order valence-corrected chi connectivity index (χ0v) is 12.5. The standard InChI is InChI=1S/C15H18F3NO4/c1-10(2-9-14(21)22)19-13(20)8-5-11-3-6-12(7-4-11)23-15(16,17)18/h3-4,6-7,10H,2,5,8-9H2,1H3,(H,19,20)(H,21,22). The average molecular weight is 333 g/mol. The number of amides is 1. The van der Waals surface area contributed by atoms with Gasteiger partial charge in [-0.15, -0.1) is 13.2 Å². The van der Waals surface area contributed by atoms with Gasteiger partial charge in [-0.3, -0.25) is 9.59 Å². The summed E-state index contributed by atoms with van der Waals surface area (Å²) >= 11 is 0. The van der Waals surface area contributed by atoms with Crippen LogP contribution in [0.25, 0.3) is 0 Å². The van der Waals surface area contributed by atoms with E-state index in [1.807, 2.05) is 0 Å². The Balaban J connectivity index is 2.37. The quantitative estimate of drug-likeness (QED) is 0.767. The third-order valence-corrected chi connectivity index (χ3v) is 3.00. The molecule has 1 rings (SSSR count). The predicted octanol–water partition coefficient (Wildman–Crippen LogP) is 2.89. The van der Waals surface area contributed by atoms with Crippen LogP contribution in [-0.4, -0.2) is 29.4 Å². The SMILES string of the molecule is CC(CCC(=O)O)NC(=O)CCc1ccc(OC(F)(F)F)cc1. The maximum atomic E-state index is 12.0. The Morgan fingerprint density at radius 1 is 1.22 bits per heavy atom. The number of carboxylic acids is 1. The Kier molecular flexibility index (Phi) is 6.87. The van der Waals surface area contributed by atoms with E-state index in [9.17, 15) is 22.8 Å². The lowest BCUT2D eigenvalue weighted by molar-refractivity contribution is -0.274. The topological polar surface area (TPSA) is 75.6 Å². The number of hydrogen-bond donors (Lipinski definition) is 2. The minimum Gasteiger partial charge on any atom is -0.481 e. The van der Waals surface area contributed by atoms with E-state index >= 15 is 0 Å². The van der Waals surface area contributed by atoms with Crippen LogP contribution in [0.1, 0.15) is 31.7 Å². The molecule has 0 aliphatic carbocycles. The number of alkyl halides is 3. The molecule has 0 heterocycles. The minimum absolute atomic E-state index is 0.0257. The zero-order chi connectivity index (χ0) is 17.5. The van der Waals surface area contributed by atoms with Crippen LogP contribution >= 0.6 is 0 Å². The number of hydrogen-bond acceptors (Lipinski definition) is 3. The van der Waals surface area contributed by atoms with Gasteiger partial charge in [0.2, 0.25) is 5.91 Å². The first-order valence-electron chi connectivity index (χ1n) is 7.01. The van der Waals surface area contributed by atoms with Crippen molar-refractivity contribution in [1.29, 1.82) is 0 Å². The van der Waals surface area contributed by atoms with Crippen molar-refractivity contribution < 1.29 is 32.6 Å². The molecule has 0 aliphatic heterocycles. The van der Waals surface area contributed by atoms with Crippen molar-refractivity contribution in [3.05, 3.63) is 29.8 Å². The van der Waals surface area contributed by atoms with Gasteiger partial charge < -0.3 is 15.2 Å². The Labute approximate surface area is 131 Å². The summed E-state index contributed by atoms with van der Waals surface area (Å²) in [5, 5.41) is 11.2. The third kappa shape index (κ3) is 8.70. The van der Waals surface area contributed by atoms with Gasteiger partial charge in [0.25, 0.3) is 0 Å². The van der Waals surface area contributed by atoms with E-state index in [-0.39, 0.29) is 30.5 Å². The molecule has 1 atom stereocenters. The normalized spacial score (nSPS) is 12.5. The van der Waals surface area contributed by atoms with E-state index in [1.54, 1.807) is 6.92 Å². The number of nitrogens with one attached hydrogen (secondary N) is 1. The summed E-state index contributed by atoms with van der Waals surface area (Å²) < 4.78 is 39.8. The number of aryl methyl sites for hydroxylation is 1. The van der Waals surface area contributed by atoms with E-state index in [2.05, 4.69) is 10.1 Å². The Bertz CT molecular complexity index is 529. The van der Waals surface area contributed by atoms with Crippen LogP contribution in [0.5, 0.6) is 5.75 Å². The first-order valence-corrected chi connectivity index (χ1v) is 7.01. The molecule has 0 fully saturated rings. The summed E-state index contributed by atoms with van der Waals surface area (Å²) in [5.41, 5.74) is 0.702. The van der Waals surface area contributed by atoms with E-state index < -0.39 is 12.3 Å². The number of ether oxygens (including phenoxy) is 1. The molecule has 5 nitrogen and oxygen atoms in total. The first kappa shape index (κ1) is 18.8. The first-order chi connectivity index (χ1) is 10.7. The molecule has 0 radical (unpaired) electrons. The molecule has 0 spiro atoms. The number of carboxylic acid groups (broad SMARTS) is 1. The number of carbonyl (C=O) groups is 2. The van der Waals surface area contributed by atoms with Crippen molar-refractivity contribution in [1.82, 2.24) is 5.32 Å². The van der Waals surface area contributed by atoms with Crippen LogP contribution in [0.3, 0.4) is 0 Å². The van der Waals surface area contributed by atoms with Crippen molar-refractivity contribution in [2.24, 2.45) is 0 Å². The average Bonchev–Trinajstić information content (AvgIpc) is 2.43. The fraction of sp³-hybridized carbons (Fsp3) is 0.467. The van der Waals surface area contributed by atoms with Gasteiger partial charge in [0.05, 0.1) is 0 Å². The molecule has 0 aromatic heterocycles. The predicted molar refractivity (Wildman–Crippen MR) is 75.9 cm³/mol. The molecule has 0 bridgehead atoms. The molecule has 0 saturated carbocycles. The van der Waals surface area contributed by atoms with Crippen LogP contribution in [0.2, 0.25) is 0 Å². The summed E-state index contributed by atoms with van der Waals surface area (Å²) in [7, 11) is 0. The summed E-state index contributed by atoms with van der Waals surface area (Å²) in [6.07, 6.45) is -3.89. The molecular weight excluding hydrogens is 315 g/mol. The summed E-state index contributed by atoms with van der Waals surface area (Å²) in [4.78, 5) is 22.1. The van der Waals surface area contributed by atoms with E-state index in [0.717, 1.165) is 0 Å². The number of halogens is 3. The van der Waals surface area contributed by atoms with Gasteiger partial charge >= 0.3 is 12.3 Å². The van der Waals surface area contributed by atoms with Crippen molar-refractivity contribution in [2.45, 2.75) is 45.0 Å². The van der Waals surface area contributed by atoms with Crippen LogP contribution in [0, 0.1) is 0 Å². The lowest BCUT2D eigenvalue weighted by Gasteiger charge is -2.13. The van der Waals surface area contributed by atoms with E-state index in [1.165, 1.54) is 24.3 Å². The molecule has 2 N–H and O–H groups in total. The van der Waals surface area contributed by atoms with Gasteiger partial charge in [-0.1, -0.05) is 12.1 Å². The van der Waals surface area contributed by atoms with Crippen molar-refractivity contribution in [2.75, 3.05) is 0 Å². The van der Waals surface area contributed by atoms with E-state index in [4.69, 9.17) is 5.11 Å². The summed E-state index contributed by atoms with van der Waals surface area (Å²) in [6.45, 7) is 1.71. The summed E-state index contributed by atoms with van der Waals surface area (Å²) in [6, 6.07) is 5.05. The lowest BCUT2D eigenvalue weighted by atomic mass is 10.1. The van der Waals surface area contributed by atoms with Gasteiger partial charge in [0.1, 0.15) is 5.75 Å². The van der Waals surface area contributed by atoms with Crippen LogP contribution < -0.4 is 10.1 Å². The molecule has 1 aromatic rings. The van der Waals surface area contributed by atoms with Crippen LogP contribution in [-0.2, 0) is 16.0 Å². The number of carbonyl (C=O) groups excluding carboxylic acids is 1. The molecule has 128 valence electrons. The molecule has 1 unspecified atom stereocenters.